The van der Waals surface area contributed by atoms with Crippen molar-refractivity contribution in [2.75, 3.05) is 13.2 Å². The summed E-state index contributed by atoms with van der Waals surface area (Å²) < 4.78 is 16.8. The molecule has 0 aliphatic rings. The average molecular weight is 1030 g/mol. The van der Waals surface area contributed by atoms with Crippen LogP contribution in [0.2, 0.25) is 0 Å². The van der Waals surface area contributed by atoms with Crippen molar-refractivity contribution in [3.8, 4) is 0 Å². The molecule has 0 bridgehead atoms. The molecule has 0 aromatic rings. The number of hydrogen-bond donors (Lipinski definition) is 0. The van der Waals surface area contributed by atoms with Gasteiger partial charge in [-0.2, -0.15) is 0 Å². The molecule has 6 heteroatoms. The molecule has 0 amide bonds. The molecule has 0 aromatic carbocycles. The van der Waals surface area contributed by atoms with Gasteiger partial charge in [0.05, 0.1) is 0 Å². The third kappa shape index (κ3) is 58.7. The third-order valence-corrected chi connectivity index (χ3v) is 12.7. The van der Waals surface area contributed by atoms with Gasteiger partial charge in [0.15, 0.2) is 6.10 Å². The van der Waals surface area contributed by atoms with Gasteiger partial charge in [-0.15, -0.1) is 0 Å². The summed E-state index contributed by atoms with van der Waals surface area (Å²) in [7, 11) is 0. The van der Waals surface area contributed by atoms with Crippen LogP contribution in [0.25, 0.3) is 0 Å². The standard InChI is InChI=1S/C68H112O6/c1-4-7-10-13-16-18-20-22-24-26-28-30-32-33-34-35-37-38-40-42-44-46-48-50-52-55-58-61-67(70)73-64-65(63-72-66(69)60-57-54-15-12-9-6-3)74-68(71)62-59-56-53-51-49-47-45-43-41-39-36-31-29-27-25-23-21-19-17-14-11-8-5-2/h7-8,10-11,16-19,22-25,28-31,33-34,39,41,65H,4-6,9,12-15,20-21,26-27,32,35-38,40,42-64H2,1-3H3/b10-7-,11-8-,18-16-,19-17-,24-22-,25-23-,30-28-,31-29-,34-33-,41-39-. The Balaban J connectivity index is 4.16. The molecular formula is C68H112O6. The molecule has 0 aliphatic heterocycles. The van der Waals surface area contributed by atoms with Crippen LogP contribution in [0.1, 0.15) is 271 Å². The van der Waals surface area contributed by atoms with Crippen LogP contribution < -0.4 is 0 Å². The monoisotopic (exact) mass is 1020 g/mol. The van der Waals surface area contributed by atoms with Gasteiger partial charge in [-0.3, -0.25) is 14.4 Å². The second-order valence-electron chi connectivity index (χ2n) is 19.9. The Kier molecular flexibility index (Phi) is 57.9. The molecule has 74 heavy (non-hydrogen) atoms. The van der Waals surface area contributed by atoms with Crippen LogP contribution in [0.3, 0.4) is 0 Å². The Morgan fingerprint density at radius 1 is 0.284 bits per heavy atom. The highest BCUT2D eigenvalue weighted by Crippen LogP contribution is 2.15. The highest BCUT2D eigenvalue weighted by atomic mass is 16.6. The molecule has 0 N–H and O–H groups in total. The van der Waals surface area contributed by atoms with Crippen LogP contribution in [-0.2, 0) is 28.6 Å². The number of carbonyl (C=O) groups excluding carboxylic acids is 3. The lowest BCUT2D eigenvalue weighted by Gasteiger charge is -2.18. The van der Waals surface area contributed by atoms with E-state index in [1.165, 1.54) is 103 Å². The van der Waals surface area contributed by atoms with Crippen molar-refractivity contribution in [3.05, 3.63) is 122 Å². The molecule has 0 fully saturated rings. The van der Waals surface area contributed by atoms with Gasteiger partial charge in [0.1, 0.15) is 13.2 Å². The van der Waals surface area contributed by atoms with Gasteiger partial charge in [-0.05, 0) is 109 Å². The van der Waals surface area contributed by atoms with Crippen LogP contribution >= 0.6 is 0 Å². The molecule has 1 atom stereocenters. The van der Waals surface area contributed by atoms with Crippen LogP contribution in [-0.4, -0.2) is 37.2 Å². The van der Waals surface area contributed by atoms with E-state index in [4.69, 9.17) is 14.2 Å². The van der Waals surface area contributed by atoms with Crippen LogP contribution in [0, 0.1) is 0 Å². The number of carbonyl (C=O) groups is 3. The molecule has 0 spiro atoms. The van der Waals surface area contributed by atoms with Crippen LogP contribution in [0.15, 0.2) is 122 Å². The molecule has 1 unspecified atom stereocenters. The predicted molar refractivity (Wildman–Crippen MR) is 320 cm³/mol. The fourth-order valence-corrected chi connectivity index (χ4v) is 8.20. The second kappa shape index (κ2) is 61.4. The largest absolute Gasteiger partial charge is 0.462 e. The summed E-state index contributed by atoms with van der Waals surface area (Å²) in [5.41, 5.74) is 0. The molecule has 0 saturated carbocycles. The lowest BCUT2D eigenvalue weighted by atomic mass is 10.0. The number of hydrogen-bond acceptors (Lipinski definition) is 6. The van der Waals surface area contributed by atoms with Crippen molar-refractivity contribution < 1.29 is 28.6 Å². The first-order valence-corrected chi connectivity index (χ1v) is 30.5. The molecule has 0 aromatic heterocycles. The maximum Gasteiger partial charge on any atom is 0.306 e. The molecule has 0 radical (unpaired) electrons. The summed E-state index contributed by atoms with van der Waals surface area (Å²) in [4.78, 5) is 38.0. The van der Waals surface area contributed by atoms with Crippen LogP contribution in [0.5, 0.6) is 0 Å². The van der Waals surface area contributed by atoms with Crippen LogP contribution in [0.4, 0.5) is 0 Å². The van der Waals surface area contributed by atoms with E-state index >= 15 is 0 Å². The first-order chi connectivity index (χ1) is 36.5. The molecule has 420 valence electrons. The maximum atomic E-state index is 12.8. The van der Waals surface area contributed by atoms with E-state index in [-0.39, 0.29) is 31.1 Å². The van der Waals surface area contributed by atoms with Crippen molar-refractivity contribution in [2.24, 2.45) is 0 Å². The molecule has 0 rings (SSSR count). The van der Waals surface area contributed by atoms with Gasteiger partial charge in [0.25, 0.3) is 0 Å². The Morgan fingerprint density at radius 2 is 0.527 bits per heavy atom. The first-order valence-electron chi connectivity index (χ1n) is 30.5. The van der Waals surface area contributed by atoms with E-state index in [2.05, 4.69) is 142 Å². The molecule has 0 aliphatic carbocycles. The average Bonchev–Trinajstić information content (AvgIpc) is 3.40. The zero-order valence-corrected chi connectivity index (χ0v) is 48.1. The van der Waals surface area contributed by atoms with Gasteiger partial charge >= 0.3 is 17.9 Å². The molecule has 0 heterocycles. The van der Waals surface area contributed by atoms with Crippen molar-refractivity contribution in [2.45, 2.75) is 277 Å². The van der Waals surface area contributed by atoms with Gasteiger partial charge in [-0.1, -0.05) is 264 Å². The van der Waals surface area contributed by atoms with Gasteiger partial charge < -0.3 is 14.2 Å². The minimum absolute atomic E-state index is 0.0849. The smallest absolute Gasteiger partial charge is 0.306 e. The summed E-state index contributed by atoms with van der Waals surface area (Å²) in [5.74, 6) is -0.908. The lowest BCUT2D eigenvalue weighted by Crippen LogP contribution is -2.30. The van der Waals surface area contributed by atoms with Crippen molar-refractivity contribution >= 4 is 17.9 Å². The van der Waals surface area contributed by atoms with Crippen molar-refractivity contribution in [1.29, 1.82) is 0 Å². The molecule has 6 nitrogen and oxygen atoms in total. The quantitative estimate of drug-likeness (QED) is 0.0261. The molecular weight excluding hydrogens is 913 g/mol. The summed E-state index contributed by atoms with van der Waals surface area (Å²) in [5, 5.41) is 0. The predicted octanol–water partition coefficient (Wildman–Crippen LogP) is 20.8. The summed E-state index contributed by atoms with van der Waals surface area (Å²) >= 11 is 0. The Bertz CT molecular complexity index is 1550. The number of esters is 3. The topological polar surface area (TPSA) is 78.9 Å². The van der Waals surface area contributed by atoms with Crippen molar-refractivity contribution in [1.82, 2.24) is 0 Å². The lowest BCUT2D eigenvalue weighted by molar-refractivity contribution is -0.167. The Hall–Kier alpha value is -4.19. The SMILES string of the molecule is CC/C=C\C/C=C\C/C=C\C/C=C\C/C=C\CCCCCCCCCCCCCC(=O)OCC(COC(=O)CCCCCCCC)OC(=O)CCCCCCCCC/C=C\C/C=C\C/C=C\C/C=C\C/C=C\CC. The number of ether oxygens (including phenoxy) is 3. The van der Waals surface area contributed by atoms with E-state index in [1.807, 2.05) is 0 Å². The third-order valence-electron chi connectivity index (χ3n) is 12.7. The zero-order valence-electron chi connectivity index (χ0n) is 48.1. The van der Waals surface area contributed by atoms with Crippen molar-refractivity contribution in [3.63, 3.8) is 0 Å². The van der Waals surface area contributed by atoms with E-state index < -0.39 is 6.10 Å². The highest BCUT2D eigenvalue weighted by Gasteiger charge is 2.19. The zero-order chi connectivity index (χ0) is 53.6. The molecule has 0 saturated heterocycles. The second-order valence-corrected chi connectivity index (χ2v) is 19.9. The normalized spacial score (nSPS) is 13.0. The summed E-state index contributed by atoms with van der Waals surface area (Å²) in [6.07, 6.45) is 85.1. The maximum absolute atomic E-state index is 12.8. The van der Waals surface area contributed by atoms with E-state index in [0.717, 1.165) is 128 Å². The fraction of sp³-hybridized carbons (Fsp3) is 0.662. The summed E-state index contributed by atoms with van der Waals surface area (Å²) in [6.45, 7) is 6.35. The van der Waals surface area contributed by atoms with Gasteiger partial charge in [-0.25, -0.2) is 0 Å². The minimum Gasteiger partial charge on any atom is -0.462 e. The van der Waals surface area contributed by atoms with Gasteiger partial charge in [0.2, 0.25) is 0 Å². The van der Waals surface area contributed by atoms with E-state index in [0.29, 0.717) is 19.3 Å². The van der Waals surface area contributed by atoms with E-state index in [9.17, 15) is 14.4 Å². The number of unbranched alkanes of at least 4 members (excludes halogenated alkanes) is 23. The summed E-state index contributed by atoms with van der Waals surface area (Å²) in [6, 6.07) is 0. The minimum atomic E-state index is -0.785. The number of allylic oxidation sites excluding steroid dienone is 20. The Morgan fingerprint density at radius 3 is 0.824 bits per heavy atom. The van der Waals surface area contributed by atoms with E-state index in [1.54, 1.807) is 0 Å². The number of rotatable bonds is 54. The first kappa shape index (κ1) is 69.8. The Labute approximate surface area is 456 Å². The fourth-order valence-electron chi connectivity index (χ4n) is 8.20. The highest BCUT2D eigenvalue weighted by molar-refractivity contribution is 5.71. The van der Waals surface area contributed by atoms with Gasteiger partial charge in [0, 0.05) is 19.3 Å².